The molecule has 1 amide bonds. The lowest BCUT2D eigenvalue weighted by molar-refractivity contribution is -0.144. The number of halogens is 1. The molecule has 7 heteroatoms. The van der Waals surface area contributed by atoms with Gasteiger partial charge in [-0.1, -0.05) is 12.1 Å². The normalized spacial score (nSPS) is 16.1. The number of carbonyl (C=O) groups excluding carboxylic acids is 1. The van der Waals surface area contributed by atoms with Crippen LogP contribution in [0, 0.1) is 24.6 Å². The Labute approximate surface area is 161 Å². The molecule has 0 radical (unpaired) electrons. The molecule has 0 aliphatic carbocycles. The highest BCUT2D eigenvalue weighted by molar-refractivity contribution is 7.14. The van der Waals surface area contributed by atoms with Crippen molar-refractivity contribution in [1.82, 2.24) is 5.32 Å². The van der Waals surface area contributed by atoms with E-state index < -0.39 is 11.9 Å². The van der Waals surface area contributed by atoms with Gasteiger partial charge in [0.05, 0.1) is 10.8 Å². The van der Waals surface area contributed by atoms with Gasteiger partial charge in [-0.15, -0.1) is 11.3 Å². The number of aliphatic carboxylic acids is 1. The van der Waals surface area contributed by atoms with Gasteiger partial charge in [-0.05, 0) is 55.0 Å². The number of thiophene rings is 1. The fourth-order valence-electron chi connectivity index (χ4n) is 3.37. The molecule has 1 aromatic carbocycles. The molecule has 1 aliphatic heterocycles. The van der Waals surface area contributed by atoms with Crippen LogP contribution in [-0.2, 0) is 9.53 Å². The van der Waals surface area contributed by atoms with Crippen molar-refractivity contribution in [2.45, 2.75) is 19.8 Å². The number of benzene rings is 1. The van der Waals surface area contributed by atoms with E-state index >= 15 is 0 Å². The van der Waals surface area contributed by atoms with Gasteiger partial charge in [0, 0.05) is 24.6 Å². The van der Waals surface area contributed by atoms with E-state index in [4.69, 9.17) is 4.74 Å². The summed E-state index contributed by atoms with van der Waals surface area (Å²) in [6.07, 6.45) is 1.39. The molecule has 0 spiro atoms. The molecule has 27 heavy (non-hydrogen) atoms. The van der Waals surface area contributed by atoms with Crippen molar-refractivity contribution in [2.24, 2.45) is 11.8 Å². The number of ether oxygens (including phenoxy) is 1. The van der Waals surface area contributed by atoms with Crippen molar-refractivity contribution in [3.05, 3.63) is 45.9 Å². The molecular weight excluding hydrogens is 369 g/mol. The van der Waals surface area contributed by atoms with Crippen LogP contribution in [0.5, 0.6) is 0 Å². The summed E-state index contributed by atoms with van der Waals surface area (Å²) in [5, 5.41) is 12.3. The number of nitrogens with one attached hydrogen (secondary N) is 1. The van der Waals surface area contributed by atoms with Crippen LogP contribution in [0.2, 0.25) is 0 Å². The Kier molecular flexibility index (Phi) is 6.23. The lowest BCUT2D eigenvalue weighted by Crippen LogP contribution is -2.38. The number of hydrogen-bond donors (Lipinski definition) is 2. The van der Waals surface area contributed by atoms with Gasteiger partial charge in [0.15, 0.2) is 0 Å². The Balaban J connectivity index is 1.68. The second kappa shape index (κ2) is 8.63. The van der Waals surface area contributed by atoms with E-state index in [-0.39, 0.29) is 24.2 Å². The molecule has 1 aliphatic rings. The van der Waals surface area contributed by atoms with E-state index in [1.165, 1.54) is 23.5 Å². The SMILES string of the molecule is Cc1sc(C(=O)NCC(C(=O)O)C2CCOCC2)cc1-c1ccc(F)cc1. The second-order valence-corrected chi connectivity index (χ2v) is 7.95. The quantitative estimate of drug-likeness (QED) is 0.787. The fraction of sp³-hybridized carbons (Fsp3) is 0.400. The molecule has 0 saturated carbocycles. The molecule has 1 atom stereocenters. The molecule has 1 unspecified atom stereocenters. The molecule has 1 aromatic heterocycles. The number of rotatable bonds is 6. The van der Waals surface area contributed by atoms with Crippen LogP contribution in [0.4, 0.5) is 4.39 Å². The Morgan fingerprint density at radius 3 is 2.59 bits per heavy atom. The van der Waals surface area contributed by atoms with E-state index in [0.717, 1.165) is 16.0 Å². The third-order valence-corrected chi connectivity index (χ3v) is 5.98. The van der Waals surface area contributed by atoms with Crippen molar-refractivity contribution in [1.29, 1.82) is 0 Å². The van der Waals surface area contributed by atoms with Crippen LogP contribution in [0.1, 0.15) is 27.4 Å². The first-order valence-electron chi connectivity index (χ1n) is 8.91. The van der Waals surface area contributed by atoms with Crippen LogP contribution < -0.4 is 5.32 Å². The first kappa shape index (κ1) is 19.5. The fourth-order valence-corrected chi connectivity index (χ4v) is 4.33. The van der Waals surface area contributed by atoms with Crippen LogP contribution in [0.15, 0.2) is 30.3 Å². The topological polar surface area (TPSA) is 75.6 Å². The van der Waals surface area contributed by atoms with Gasteiger partial charge in [0.25, 0.3) is 5.91 Å². The summed E-state index contributed by atoms with van der Waals surface area (Å²) in [6, 6.07) is 7.90. The van der Waals surface area contributed by atoms with Gasteiger partial charge in [0.2, 0.25) is 0 Å². The zero-order chi connectivity index (χ0) is 19.4. The maximum Gasteiger partial charge on any atom is 0.308 e. The molecule has 2 heterocycles. The molecule has 3 rings (SSSR count). The summed E-state index contributed by atoms with van der Waals surface area (Å²) in [5.74, 6) is -2.09. The van der Waals surface area contributed by atoms with E-state index in [9.17, 15) is 19.1 Å². The zero-order valence-electron chi connectivity index (χ0n) is 15.0. The van der Waals surface area contributed by atoms with Crippen LogP contribution in [0.25, 0.3) is 11.1 Å². The first-order valence-corrected chi connectivity index (χ1v) is 9.72. The van der Waals surface area contributed by atoms with E-state index in [2.05, 4.69) is 5.32 Å². The molecule has 2 N–H and O–H groups in total. The van der Waals surface area contributed by atoms with Crippen LogP contribution in [0.3, 0.4) is 0 Å². The number of amides is 1. The monoisotopic (exact) mass is 391 g/mol. The molecule has 1 saturated heterocycles. The van der Waals surface area contributed by atoms with Crippen LogP contribution >= 0.6 is 11.3 Å². The number of carboxylic acid groups (broad SMARTS) is 1. The summed E-state index contributed by atoms with van der Waals surface area (Å²) < 4.78 is 18.4. The lowest BCUT2D eigenvalue weighted by Gasteiger charge is -2.27. The summed E-state index contributed by atoms with van der Waals surface area (Å²) in [6.45, 7) is 3.13. The minimum absolute atomic E-state index is 0.0106. The molecule has 1 fully saturated rings. The summed E-state index contributed by atoms with van der Waals surface area (Å²) in [5.41, 5.74) is 1.72. The van der Waals surface area contributed by atoms with Gasteiger partial charge in [-0.3, -0.25) is 9.59 Å². The van der Waals surface area contributed by atoms with Gasteiger partial charge < -0.3 is 15.2 Å². The predicted molar refractivity (Wildman–Crippen MR) is 101 cm³/mol. The van der Waals surface area contributed by atoms with Crippen LogP contribution in [-0.4, -0.2) is 36.7 Å². The largest absolute Gasteiger partial charge is 0.481 e. The predicted octanol–water partition coefficient (Wildman–Crippen LogP) is 3.72. The molecular formula is C20H22FNO4S. The minimum atomic E-state index is -0.892. The van der Waals surface area contributed by atoms with Gasteiger partial charge in [-0.25, -0.2) is 4.39 Å². The average molecular weight is 391 g/mol. The molecule has 144 valence electrons. The minimum Gasteiger partial charge on any atom is -0.481 e. The highest BCUT2D eigenvalue weighted by Crippen LogP contribution is 2.31. The highest BCUT2D eigenvalue weighted by atomic mass is 32.1. The molecule has 5 nitrogen and oxygen atoms in total. The zero-order valence-corrected chi connectivity index (χ0v) is 15.9. The third kappa shape index (κ3) is 4.73. The lowest BCUT2D eigenvalue weighted by atomic mass is 9.86. The van der Waals surface area contributed by atoms with E-state index in [0.29, 0.717) is 30.9 Å². The maximum atomic E-state index is 13.1. The smallest absolute Gasteiger partial charge is 0.308 e. The van der Waals surface area contributed by atoms with Crippen molar-refractivity contribution >= 4 is 23.2 Å². The Hall–Kier alpha value is -2.25. The second-order valence-electron chi connectivity index (χ2n) is 6.69. The Bertz CT molecular complexity index is 812. The molecule has 2 aromatic rings. The number of hydrogen-bond acceptors (Lipinski definition) is 4. The number of carbonyl (C=O) groups is 2. The number of carboxylic acids is 1. The standard InChI is InChI=1S/C20H22FNO4S/c1-12-16(13-2-4-15(21)5-3-13)10-18(27-12)19(23)22-11-17(20(24)25)14-6-8-26-9-7-14/h2-5,10,14,17H,6-9,11H2,1H3,(H,22,23)(H,24,25). The van der Waals surface area contributed by atoms with Gasteiger partial charge in [-0.2, -0.15) is 0 Å². The average Bonchev–Trinajstić information content (AvgIpc) is 3.05. The van der Waals surface area contributed by atoms with Crippen molar-refractivity contribution in [3.8, 4) is 11.1 Å². The van der Waals surface area contributed by atoms with Crippen molar-refractivity contribution in [2.75, 3.05) is 19.8 Å². The Morgan fingerprint density at radius 2 is 1.96 bits per heavy atom. The van der Waals surface area contributed by atoms with Gasteiger partial charge in [0.1, 0.15) is 5.82 Å². The highest BCUT2D eigenvalue weighted by Gasteiger charge is 2.30. The van der Waals surface area contributed by atoms with Crippen molar-refractivity contribution < 1.29 is 23.8 Å². The van der Waals surface area contributed by atoms with Crippen molar-refractivity contribution in [3.63, 3.8) is 0 Å². The molecule has 0 bridgehead atoms. The van der Waals surface area contributed by atoms with E-state index in [1.807, 2.05) is 6.92 Å². The summed E-state index contributed by atoms with van der Waals surface area (Å²) in [7, 11) is 0. The summed E-state index contributed by atoms with van der Waals surface area (Å²) in [4.78, 5) is 25.6. The maximum absolute atomic E-state index is 13.1. The first-order chi connectivity index (χ1) is 13.0. The number of aryl methyl sites for hydroxylation is 1. The third-order valence-electron chi connectivity index (χ3n) is 4.93. The van der Waals surface area contributed by atoms with E-state index in [1.54, 1.807) is 18.2 Å². The Morgan fingerprint density at radius 1 is 1.30 bits per heavy atom. The summed E-state index contributed by atoms with van der Waals surface area (Å²) >= 11 is 1.34. The van der Waals surface area contributed by atoms with Gasteiger partial charge >= 0.3 is 5.97 Å².